The molecule has 1 aromatic heterocycles. The summed E-state index contributed by atoms with van der Waals surface area (Å²) >= 11 is 0. The van der Waals surface area contributed by atoms with Crippen molar-refractivity contribution >= 4 is 27.9 Å². The summed E-state index contributed by atoms with van der Waals surface area (Å²) in [6.07, 6.45) is 5.54. The molecular weight excluding hydrogens is 316 g/mol. The highest BCUT2D eigenvalue weighted by Crippen LogP contribution is 2.33. The van der Waals surface area contributed by atoms with Crippen LogP contribution in [0.15, 0.2) is 30.3 Å². The summed E-state index contributed by atoms with van der Waals surface area (Å²) in [4.78, 5) is 20.4. The average Bonchev–Trinajstić information content (AvgIpc) is 3.15. The number of nitro benzene ring substituents is 1. The molecule has 0 atom stereocenters. The molecule has 4 rings (SSSR count). The van der Waals surface area contributed by atoms with Gasteiger partial charge in [-0.25, -0.2) is 4.98 Å². The van der Waals surface area contributed by atoms with E-state index in [2.05, 4.69) is 22.9 Å². The van der Waals surface area contributed by atoms with Gasteiger partial charge in [0.25, 0.3) is 5.69 Å². The number of benzene rings is 1. The molecule has 2 aliphatic heterocycles. The molecular formula is C19H22N4O2. The van der Waals surface area contributed by atoms with Crippen molar-refractivity contribution in [2.75, 3.05) is 38.1 Å². The molecule has 25 heavy (non-hydrogen) atoms. The van der Waals surface area contributed by atoms with Crippen molar-refractivity contribution in [3.63, 3.8) is 0 Å². The van der Waals surface area contributed by atoms with Crippen LogP contribution in [0.5, 0.6) is 0 Å². The van der Waals surface area contributed by atoms with Crippen molar-refractivity contribution in [1.29, 1.82) is 0 Å². The van der Waals surface area contributed by atoms with Gasteiger partial charge in [-0.1, -0.05) is 6.08 Å². The van der Waals surface area contributed by atoms with Gasteiger partial charge in [0.05, 0.1) is 10.6 Å². The van der Waals surface area contributed by atoms with Crippen LogP contribution in [-0.4, -0.2) is 48.0 Å². The Labute approximate surface area is 146 Å². The van der Waals surface area contributed by atoms with Gasteiger partial charge >= 0.3 is 0 Å². The van der Waals surface area contributed by atoms with Gasteiger partial charge in [0.1, 0.15) is 5.82 Å². The number of fused-ring (bicyclic) bond motifs is 1. The lowest BCUT2D eigenvalue weighted by molar-refractivity contribution is -0.384. The molecule has 0 amide bonds. The van der Waals surface area contributed by atoms with E-state index < -0.39 is 0 Å². The summed E-state index contributed by atoms with van der Waals surface area (Å²) in [5.74, 6) is 0.972. The van der Waals surface area contributed by atoms with Crippen LogP contribution in [0.2, 0.25) is 0 Å². The summed E-state index contributed by atoms with van der Waals surface area (Å²) < 4.78 is 0. The van der Waals surface area contributed by atoms with Crippen LogP contribution < -0.4 is 4.90 Å². The third-order valence-corrected chi connectivity index (χ3v) is 5.15. The number of aromatic nitrogens is 1. The zero-order valence-electron chi connectivity index (χ0n) is 14.4. The van der Waals surface area contributed by atoms with Crippen molar-refractivity contribution in [3.05, 3.63) is 46.1 Å². The van der Waals surface area contributed by atoms with Gasteiger partial charge < -0.3 is 9.80 Å². The van der Waals surface area contributed by atoms with Crippen LogP contribution in [-0.2, 0) is 0 Å². The standard InChI is InChI=1S/C19H22N4O2/c1-21-10-6-14(7-11-21)18-13-15-12-16(23(24)25)4-5-17(15)19(20-18)22-8-2-3-9-22/h4-6,12-13H,2-3,7-11H2,1H3. The fourth-order valence-corrected chi connectivity index (χ4v) is 3.68. The fourth-order valence-electron chi connectivity index (χ4n) is 3.68. The quantitative estimate of drug-likeness (QED) is 0.633. The van der Waals surface area contributed by atoms with Gasteiger partial charge in [-0.2, -0.15) is 0 Å². The van der Waals surface area contributed by atoms with E-state index in [4.69, 9.17) is 4.98 Å². The zero-order chi connectivity index (χ0) is 17.4. The molecule has 6 heteroatoms. The molecule has 2 aromatic rings. The van der Waals surface area contributed by atoms with E-state index in [1.165, 1.54) is 18.4 Å². The number of pyridine rings is 1. The molecule has 0 bridgehead atoms. The Balaban J connectivity index is 1.86. The molecule has 1 saturated heterocycles. The maximum absolute atomic E-state index is 11.2. The van der Waals surface area contributed by atoms with Crippen LogP contribution in [0.3, 0.4) is 0 Å². The second kappa shape index (κ2) is 6.44. The van der Waals surface area contributed by atoms with E-state index in [9.17, 15) is 10.1 Å². The maximum atomic E-state index is 11.2. The fraction of sp³-hybridized carbons (Fsp3) is 0.421. The van der Waals surface area contributed by atoms with Gasteiger partial charge in [-0.3, -0.25) is 10.1 Å². The summed E-state index contributed by atoms with van der Waals surface area (Å²) in [5.41, 5.74) is 2.34. The Kier molecular flexibility index (Phi) is 4.13. The molecule has 0 spiro atoms. The average molecular weight is 338 g/mol. The minimum atomic E-state index is -0.329. The maximum Gasteiger partial charge on any atom is 0.270 e. The van der Waals surface area contributed by atoms with Gasteiger partial charge in [-0.05, 0) is 49.4 Å². The topological polar surface area (TPSA) is 62.5 Å². The van der Waals surface area contributed by atoms with Crippen molar-refractivity contribution < 1.29 is 4.92 Å². The molecule has 0 radical (unpaired) electrons. The van der Waals surface area contributed by atoms with E-state index >= 15 is 0 Å². The Morgan fingerprint density at radius 3 is 2.64 bits per heavy atom. The number of rotatable bonds is 3. The molecule has 0 saturated carbocycles. The second-order valence-corrected chi connectivity index (χ2v) is 6.93. The smallest absolute Gasteiger partial charge is 0.270 e. The molecule has 1 fully saturated rings. The number of nitro groups is 1. The highest BCUT2D eigenvalue weighted by Gasteiger charge is 2.20. The Hall–Kier alpha value is -2.47. The Morgan fingerprint density at radius 2 is 1.96 bits per heavy atom. The van der Waals surface area contributed by atoms with E-state index in [1.54, 1.807) is 12.1 Å². The highest BCUT2D eigenvalue weighted by atomic mass is 16.6. The lowest BCUT2D eigenvalue weighted by Gasteiger charge is -2.24. The number of hydrogen-bond donors (Lipinski definition) is 0. The van der Waals surface area contributed by atoms with Gasteiger partial charge in [0, 0.05) is 43.7 Å². The predicted molar refractivity (Wildman–Crippen MR) is 99.9 cm³/mol. The number of likely N-dealkylation sites (N-methyl/N-ethyl adjacent to an activating group) is 1. The lowest BCUT2D eigenvalue weighted by atomic mass is 10.0. The SMILES string of the molecule is CN1CC=C(c2cc3cc([N+](=O)[O-])ccc3c(N3CCCC3)n2)CC1. The summed E-state index contributed by atoms with van der Waals surface area (Å²) in [6.45, 7) is 3.94. The normalized spacial score (nSPS) is 18.6. The molecule has 6 nitrogen and oxygen atoms in total. The van der Waals surface area contributed by atoms with Gasteiger partial charge in [0.15, 0.2) is 0 Å². The summed E-state index contributed by atoms with van der Waals surface area (Å²) in [5, 5.41) is 13.1. The van der Waals surface area contributed by atoms with Crippen LogP contribution in [0, 0.1) is 10.1 Å². The third kappa shape index (κ3) is 3.09. The molecule has 0 aliphatic carbocycles. The first-order valence-corrected chi connectivity index (χ1v) is 8.84. The zero-order valence-corrected chi connectivity index (χ0v) is 14.4. The molecule has 3 heterocycles. The van der Waals surface area contributed by atoms with Crippen molar-refractivity contribution in [2.45, 2.75) is 19.3 Å². The minimum absolute atomic E-state index is 0.134. The lowest BCUT2D eigenvalue weighted by Crippen LogP contribution is -2.24. The van der Waals surface area contributed by atoms with Gasteiger partial charge in [-0.15, -0.1) is 0 Å². The van der Waals surface area contributed by atoms with Crippen LogP contribution >= 0.6 is 0 Å². The number of non-ortho nitro benzene ring substituents is 1. The van der Waals surface area contributed by atoms with E-state index in [0.29, 0.717) is 0 Å². The summed E-state index contributed by atoms with van der Waals surface area (Å²) in [6, 6.07) is 7.12. The summed E-state index contributed by atoms with van der Waals surface area (Å²) in [7, 11) is 2.11. The van der Waals surface area contributed by atoms with Crippen molar-refractivity contribution in [1.82, 2.24) is 9.88 Å². The predicted octanol–water partition coefficient (Wildman–Crippen LogP) is 3.46. The number of hydrogen-bond acceptors (Lipinski definition) is 5. The first kappa shape index (κ1) is 16.0. The molecule has 130 valence electrons. The van der Waals surface area contributed by atoms with Gasteiger partial charge in [0.2, 0.25) is 0 Å². The highest BCUT2D eigenvalue weighted by molar-refractivity contribution is 5.95. The molecule has 0 N–H and O–H groups in total. The van der Waals surface area contributed by atoms with E-state index in [1.807, 2.05) is 12.1 Å². The van der Waals surface area contributed by atoms with Crippen LogP contribution in [0.4, 0.5) is 11.5 Å². The molecule has 2 aliphatic rings. The van der Waals surface area contributed by atoms with E-state index in [0.717, 1.165) is 54.9 Å². The monoisotopic (exact) mass is 338 g/mol. The Morgan fingerprint density at radius 1 is 1.16 bits per heavy atom. The van der Waals surface area contributed by atoms with Crippen LogP contribution in [0.25, 0.3) is 16.3 Å². The first-order chi connectivity index (χ1) is 12.1. The minimum Gasteiger partial charge on any atom is -0.356 e. The van der Waals surface area contributed by atoms with E-state index in [-0.39, 0.29) is 10.6 Å². The third-order valence-electron chi connectivity index (χ3n) is 5.15. The number of nitrogens with zero attached hydrogens (tertiary/aromatic N) is 4. The molecule has 0 unspecified atom stereocenters. The Bertz CT molecular complexity index is 856. The molecule has 1 aromatic carbocycles. The second-order valence-electron chi connectivity index (χ2n) is 6.93. The van der Waals surface area contributed by atoms with Crippen molar-refractivity contribution in [2.24, 2.45) is 0 Å². The largest absolute Gasteiger partial charge is 0.356 e. The van der Waals surface area contributed by atoms with Crippen molar-refractivity contribution in [3.8, 4) is 0 Å². The first-order valence-electron chi connectivity index (χ1n) is 8.84. The van der Waals surface area contributed by atoms with Crippen LogP contribution in [0.1, 0.15) is 25.0 Å². The number of anilines is 1.